The van der Waals surface area contributed by atoms with Crippen molar-refractivity contribution in [2.45, 2.75) is 6.92 Å². The van der Waals surface area contributed by atoms with Crippen molar-refractivity contribution in [3.05, 3.63) is 42.5 Å². The molecule has 110 valence electrons. The van der Waals surface area contributed by atoms with Gasteiger partial charge >= 0.3 is 12.0 Å². The van der Waals surface area contributed by atoms with Gasteiger partial charge in [0.1, 0.15) is 0 Å². The maximum atomic E-state index is 12.1. The van der Waals surface area contributed by atoms with Crippen molar-refractivity contribution in [3.8, 4) is 0 Å². The van der Waals surface area contributed by atoms with Crippen LogP contribution >= 0.6 is 0 Å². The van der Waals surface area contributed by atoms with Gasteiger partial charge in [0.15, 0.2) is 6.61 Å². The molecule has 0 aliphatic carbocycles. The fraction of sp³-hybridized carbons (Fsp3) is 0.200. The Kier molecular flexibility index (Phi) is 4.73. The van der Waals surface area contributed by atoms with Gasteiger partial charge in [-0.1, -0.05) is 36.4 Å². The summed E-state index contributed by atoms with van der Waals surface area (Å²) in [4.78, 5) is 28.6. The molecule has 0 fully saturated rings. The Balaban J connectivity index is 2.23. The maximum Gasteiger partial charge on any atom is 0.345 e. The summed E-state index contributed by atoms with van der Waals surface area (Å²) in [5.74, 6) is -1.15. The van der Waals surface area contributed by atoms with Gasteiger partial charge in [0.2, 0.25) is 0 Å². The molecule has 0 heterocycles. The summed E-state index contributed by atoms with van der Waals surface area (Å²) in [7, 11) is 0. The molecule has 6 heteroatoms. The number of benzene rings is 2. The van der Waals surface area contributed by atoms with Gasteiger partial charge in [-0.2, -0.15) is 0 Å². The summed E-state index contributed by atoms with van der Waals surface area (Å²) >= 11 is 0. The lowest BCUT2D eigenvalue weighted by Crippen LogP contribution is -2.40. The SMILES string of the molecule is CCN(C(=O)NOCC(=O)O)c1cccc2ccccc12. The number of carboxylic acid groups (broad SMARTS) is 1. The molecule has 6 nitrogen and oxygen atoms in total. The Morgan fingerprint density at radius 3 is 2.62 bits per heavy atom. The minimum atomic E-state index is -1.15. The largest absolute Gasteiger partial charge is 0.479 e. The van der Waals surface area contributed by atoms with E-state index in [1.807, 2.05) is 49.4 Å². The van der Waals surface area contributed by atoms with Gasteiger partial charge in [0, 0.05) is 11.9 Å². The third-order valence-corrected chi connectivity index (χ3v) is 2.97. The number of hydrogen-bond donors (Lipinski definition) is 2. The molecule has 2 aromatic rings. The fourth-order valence-electron chi connectivity index (χ4n) is 2.08. The number of aliphatic carboxylic acids is 1. The van der Waals surface area contributed by atoms with Gasteiger partial charge < -0.3 is 5.11 Å². The Hall–Kier alpha value is -2.60. The predicted octanol–water partition coefficient (Wildman–Crippen LogP) is 2.39. The van der Waals surface area contributed by atoms with E-state index in [1.54, 1.807) is 0 Å². The summed E-state index contributed by atoms with van der Waals surface area (Å²) in [5, 5.41) is 10.5. The maximum absolute atomic E-state index is 12.1. The standard InChI is InChI=1S/C15H16N2O4/c1-2-17(15(20)16-21-10-14(18)19)13-9-5-7-11-6-3-4-8-12(11)13/h3-9H,2,10H2,1H3,(H,16,20)(H,18,19). The zero-order chi connectivity index (χ0) is 15.2. The number of anilines is 1. The van der Waals surface area contributed by atoms with Crippen molar-refractivity contribution in [1.82, 2.24) is 5.48 Å². The first-order chi connectivity index (χ1) is 10.1. The molecule has 0 spiro atoms. The highest BCUT2D eigenvalue weighted by atomic mass is 16.7. The smallest absolute Gasteiger partial charge is 0.345 e. The molecule has 21 heavy (non-hydrogen) atoms. The van der Waals surface area contributed by atoms with Crippen LogP contribution in [-0.4, -0.2) is 30.3 Å². The van der Waals surface area contributed by atoms with Crippen LogP contribution in [-0.2, 0) is 9.63 Å². The number of nitrogens with zero attached hydrogens (tertiary/aromatic N) is 1. The minimum absolute atomic E-state index is 0.427. The highest BCUT2D eigenvalue weighted by molar-refractivity contribution is 6.02. The van der Waals surface area contributed by atoms with E-state index >= 15 is 0 Å². The van der Waals surface area contributed by atoms with Crippen LogP contribution in [0, 0.1) is 0 Å². The molecule has 0 radical (unpaired) electrons. The number of carboxylic acids is 1. The van der Waals surface area contributed by atoms with E-state index in [1.165, 1.54) is 4.90 Å². The van der Waals surface area contributed by atoms with Gasteiger partial charge in [-0.3, -0.25) is 9.74 Å². The number of rotatable bonds is 5. The number of hydroxylamine groups is 1. The summed E-state index contributed by atoms with van der Waals surface area (Å²) in [6.45, 7) is 1.67. The van der Waals surface area contributed by atoms with Crippen molar-refractivity contribution in [3.63, 3.8) is 0 Å². The van der Waals surface area contributed by atoms with Crippen LogP contribution in [0.5, 0.6) is 0 Å². The molecular formula is C15H16N2O4. The lowest BCUT2D eigenvalue weighted by molar-refractivity contribution is -0.143. The Labute approximate surface area is 121 Å². The van der Waals surface area contributed by atoms with E-state index in [4.69, 9.17) is 5.11 Å². The monoisotopic (exact) mass is 288 g/mol. The summed E-state index contributed by atoms with van der Waals surface area (Å²) in [6.07, 6.45) is 0. The molecule has 2 aromatic carbocycles. The van der Waals surface area contributed by atoms with E-state index in [0.717, 1.165) is 16.5 Å². The summed E-state index contributed by atoms with van der Waals surface area (Å²) in [6, 6.07) is 12.9. The predicted molar refractivity (Wildman–Crippen MR) is 79.1 cm³/mol. The first-order valence-electron chi connectivity index (χ1n) is 6.52. The zero-order valence-corrected chi connectivity index (χ0v) is 11.6. The summed E-state index contributed by atoms with van der Waals surface area (Å²) in [5.41, 5.74) is 2.88. The molecule has 0 aliphatic heterocycles. The second-order valence-corrected chi connectivity index (χ2v) is 4.33. The quantitative estimate of drug-likeness (QED) is 0.828. The van der Waals surface area contributed by atoms with Crippen molar-refractivity contribution in [1.29, 1.82) is 0 Å². The highest BCUT2D eigenvalue weighted by Crippen LogP contribution is 2.26. The van der Waals surface area contributed by atoms with Crippen LogP contribution < -0.4 is 10.4 Å². The topological polar surface area (TPSA) is 78.9 Å². The van der Waals surface area contributed by atoms with E-state index < -0.39 is 18.6 Å². The van der Waals surface area contributed by atoms with Gasteiger partial charge in [0.05, 0.1) is 5.69 Å². The van der Waals surface area contributed by atoms with Crippen LogP contribution in [0.15, 0.2) is 42.5 Å². The van der Waals surface area contributed by atoms with Crippen LogP contribution in [0.2, 0.25) is 0 Å². The second kappa shape index (κ2) is 6.71. The molecule has 0 bridgehead atoms. The molecular weight excluding hydrogens is 272 g/mol. The van der Waals surface area contributed by atoms with Crippen molar-refractivity contribution in [2.75, 3.05) is 18.1 Å². The van der Waals surface area contributed by atoms with E-state index in [2.05, 4.69) is 10.3 Å². The van der Waals surface area contributed by atoms with E-state index in [9.17, 15) is 9.59 Å². The molecule has 0 saturated heterocycles. The summed E-state index contributed by atoms with van der Waals surface area (Å²) < 4.78 is 0. The number of carbonyl (C=O) groups excluding carboxylic acids is 1. The number of urea groups is 1. The number of hydrogen-bond acceptors (Lipinski definition) is 3. The van der Waals surface area contributed by atoms with Crippen LogP contribution in [0.25, 0.3) is 10.8 Å². The van der Waals surface area contributed by atoms with Crippen molar-refractivity contribution in [2.24, 2.45) is 0 Å². The van der Waals surface area contributed by atoms with Gasteiger partial charge in [-0.15, -0.1) is 0 Å². The van der Waals surface area contributed by atoms with Crippen molar-refractivity contribution >= 4 is 28.5 Å². The fourth-order valence-corrected chi connectivity index (χ4v) is 2.08. The van der Waals surface area contributed by atoms with Gasteiger partial charge in [-0.05, 0) is 18.4 Å². The number of fused-ring (bicyclic) bond motifs is 1. The van der Waals surface area contributed by atoms with Gasteiger partial charge in [0.25, 0.3) is 0 Å². The molecule has 2 amide bonds. The zero-order valence-electron chi connectivity index (χ0n) is 11.6. The van der Waals surface area contributed by atoms with Crippen LogP contribution in [0.4, 0.5) is 10.5 Å². The molecule has 2 rings (SSSR count). The average Bonchev–Trinajstić information content (AvgIpc) is 2.48. The highest BCUT2D eigenvalue weighted by Gasteiger charge is 2.16. The lowest BCUT2D eigenvalue weighted by atomic mass is 10.1. The Bertz CT molecular complexity index is 652. The Morgan fingerprint density at radius 1 is 1.19 bits per heavy atom. The number of amides is 2. The first-order valence-corrected chi connectivity index (χ1v) is 6.52. The minimum Gasteiger partial charge on any atom is -0.479 e. The molecule has 0 aromatic heterocycles. The van der Waals surface area contributed by atoms with Crippen molar-refractivity contribution < 1.29 is 19.5 Å². The number of carbonyl (C=O) groups is 2. The van der Waals surface area contributed by atoms with Crippen LogP contribution in [0.1, 0.15) is 6.92 Å². The number of nitrogens with one attached hydrogen (secondary N) is 1. The molecule has 0 atom stereocenters. The molecule has 0 aliphatic rings. The van der Waals surface area contributed by atoms with E-state index in [-0.39, 0.29) is 0 Å². The Morgan fingerprint density at radius 2 is 1.90 bits per heavy atom. The van der Waals surface area contributed by atoms with Gasteiger partial charge in [-0.25, -0.2) is 15.1 Å². The average molecular weight is 288 g/mol. The molecule has 2 N–H and O–H groups in total. The first kappa shape index (κ1) is 14.8. The molecule has 0 saturated carbocycles. The lowest BCUT2D eigenvalue weighted by Gasteiger charge is -2.22. The van der Waals surface area contributed by atoms with E-state index in [0.29, 0.717) is 6.54 Å². The third-order valence-electron chi connectivity index (χ3n) is 2.97. The van der Waals surface area contributed by atoms with Crippen LogP contribution in [0.3, 0.4) is 0 Å². The second-order valence-electron chi connectivity index (χ2n) is 4.33. The molecule has 0 unspecified atom stereocenters. The third kappa shape index (κ3) is 3.49. The normalized spacial score (nSPS) is 10.3.